The lowest BCUT2D eigenvalue weighted by molar-refractivity contribution is 0.0519. The van der Waals surface area contributed by atoms with Crippen molar-refractivity contribution in [2.24, 2.45) is 0 Å². The predicted octanol–water partition coefficient (Wildman–Crippen LogP) is 5.09. The molecule has 0 saturated carbocycles. The molecule has 0 fully saturated rings. The van der Waals surface area contributed by atoms with Crippen LogP contribution in [0.2, 0.25) is 0 Å². The zero-order valence-corrected chi connectivity index (χ0v) is 14.1. The summed E-state index contributed by atoms with van der Waals surface area (Å²) in [5, 5.41) is 3.49. The van der Waals surface area contributed by atoms with Gasteiger partial charge in [-0.3, -0.25) is 0 Å². The van der Waals surface area contributed by atoms with Gasteiger partial charge in [-0.25, -0.2) is 4.79 Å². The van der Waals surface area contributed by atoms with Gasteiger partial charge in [-0.2, -0.15) is 0 Å². The lowest BCUT2D eigenvalue weighted by Gasteiger charge is -2.08. The molecule has 0 saturated heterocycles. The fraction of sp³-hybridized carbons (Fsp3) is 0.136. The lowest BCUT2D eigenvalue weighted by Crippen LogP contribution is -2.08. The second kappa shape index (κ2) is 6.44. The highest BCUT2D eigenvalue weighted by molar-refractivity contribution is 5.99. The van der Waals surface area contributed by atoms with Gasteiger partial charge in [0.25, 0.3) is 0 Å². The van der Waals surface area contributed by atoms with E-state index in [1.165, 1.54) is 16.3 Å². The number of aromatic nitrogens is 1. The van der Waals surface area contributed by atoms with Crippen molar-refractivity contribution in [1.82, 2.24) is 4.98 Å². The molecule has 4 aromatic rings. The number of benzene rings is 3. The van der Waals surface area contributed by atoms with Gasteiger partial charge >= 0.3 is 5.97 Å². The first kappa shape index (κ1) is 15.5. The standard InChI is InChI=1S/C22H19NO2/c1-2-25-22(24)21-19(18-12-5-6-13-20(18)23-21)14-16-10-7-9-15-8-3-4-11-17(15)16/h3-13,23H,2,14H2,1H3. The van der Waals surface area contributed by atoms with E-state index in [1.807, 2.05) is 37.3 Å². The van der Waals surface area contributed by atoms with Gasteiger partial charge in [0.2, 0.25) is 0 Å². The fourth-order valence-electron chi connectivity index (χ4n) is 3.40. The van der Waals surface area contributed by atoms with Gasteiger partial charge < -0.3 is 9.72 Å². The highest BCUT2D eigenvalue weighted by atomic mass is 16.5. The molecule has 1 heterocycles. The van der Waals surface area contributed by atoms with Crippen molar-refractivity contribution in [3.63, 3.8) is 0 Å². The largest absolute Gasteiger partial charge is 0.461 e. The normalized spacial score (nSPS) is 11.1. The van der Waals surface area contributed by atoms with E-state index in [4.69, 9.17) is 4.74 Å². The summed E-state index contributed by atoms with van der Waals surface area (Å²) < 4.78 is 5.25. The third-order valence-corrected chi connectivity index (χ3v) is 4.54. The second-order valence-electron chi connectivity index (χ2n) is 6.06. The van der Waals surface area contributed by atoms with Crippen molar-refractivity contribution in [1.29, 1.82) is 0 Å². The number of H-pyrrole nitrogens is 1. The van der Waals surface area contributed by atoms with Crippen molar-refractivity contribution in [2.45, 2.75) is 13.3 Å². The Morgan fingerprint density at radius 2 is 1.64 bits per heavy atom. The van der Waals surface area contributed by atoms with Crippen LogP contribution in [-0.2, 0) is 11.2 Å². The number of ether oxygens (including phenoxy) is 1. The summed E-state index contributed by atoms with van der Waals surface area (Å²) in [6, 6.07) is 22.6. The van der Waals surface area contributed by atoms with Gasteiger partial charge in [0, 0.05) is 17.3 Å². The van der Waals surface area contributed by atoms with Gasteiger partial charge in [0.15, 0.2) is 0 Å². The first-order valence-corrected chi connectivity index (χ1v) is 8.51. The van der Waals surface area contributed by atoms with E-state index in [0.29, 0.717) is 18.7 Å². The Hall–Kier alpha value is -3.07. The van der Waals surface area contributed by atoms with E-state index >= 15 is 0 Å². The number of esters is 1. The minimum absolute atomic E-state index is 0.297. The van der Waals surface area contributed by atoms with Gasteiger partial charge in [0.05, 0.1) is 6.61 Å². The van der Waals surface area contributed by atoms with Crippen LogP contribution in [0, 0.1) is 0 Å². The Bertz CT molecular complexity index is 1060. The molecular formula is C22H19NO2. The van der Waals surface area contributed by atoms with Gasteiger partial charge in [-0.05, 0) is 34.9 Å². The molecule has 25 heavy (non-hydrogen) atoms. The Labute approximate surface area is 146 Å². The molecule has 124 valence electrons. The first-order chi connectivity index (χ1) is 12.3. The molecule has 0 aliphatic heterocycles. The maximum atomic E-state index is 12.4. The average molecular weight is 329 g/mol. The summed E-state index contributed by atoms with van der Waals surface area (Å²) in [6.07, 6.45) is 0.680. The van der Waals surface area contributed by atoms with Crippen molar-refractivity contribution in [3.05, 3.63) is 83.6 Å². The van der Waals surface area contributed by atoms with Crippen molar-refractivity contribution >= 4 is 27.6 Å². The van der Waals surface area contributed by atoms with E-state index in [9.17, 15) is 4.79 Å². The third-order valence-electron chi connectivity index (χ3n) is 4.54. The number of carbonyl (C=O) groups excluding carboxylic acids is 1. The van der Waals surface area contributed by atoms with Crippen LogP contribution < -0.4 is 0 Å². The highest BCUT2D eigenvalue weighted by Gasteiger charge is 2.19. The topological polar surface area (TPSA) is 42.1 Å². The van der Waals surface area contributed by atoms with Crippen LogP contribution in [0.5, 0.6) is 0 Å². The van der Waals surface area contributed by atoms with E-state index in [-0.39, 0.29) is 5.97 Å². The van der Waals surface area contributed by atoms with Crippen molar-refractivity contribution < 1.29 is 9.53 Å². The molecule has 0 spiro atoms. The summed E-state index contributed by atoms with van der Waals surface area (Å²) >= 11 is 0. The number of carbonyl (C=O) groups is 1. The summed E-state index contributed by atoms with van der Waals surface area (Å²) in [4.78, 5) is 15.7. The van der Waals surface area contributed by atoms with E-state index in [0.717, 1.165) is 16.5 Å². The second-order valence-corrected chi connectivity index (χ2v) is 6.06. The number of aromatic amines is 1. The van der Waals surface area contributed by atoms with E-state index < -0.39 is 0 Å². The zero-order valence-electron chi connectivity index (χ0n) is 14.1. The molecule has 3 aromatic carbocycles. The molecular weight excluding hydrogens is 310 g/mol. The Morgan fingerprint density at radius 3 is 2.48 bits per heavy atom. The summed E-state index contributed by atoms with van der Waals surface area (Å²) in [5.41, 5.74) is 3.70. The zero-order chi connectivity index (χ0) is 17.2. The maximum Gasteiger partial charge on any atom is 0.355 e. The predicted molar refractivity (Wildman–Crippen MR) is 101 cm³/mol. The first-order valence-electron chi connectivity index (χ1n) is 8.51. The molecule has 0 bridgehead atoms. The molecule has 0 aliphatic rings. The number of hydrogen-bond acceptors (Lipinski definition) is 2. The SMILES string of the molecule is CCOC(=O)c1[nH]c2ccccc2c1Cc1cccc2ccccc12. The maximum absolute atomic E-state index is 12.4. The van der Waals surface area contributed by atoms with E-state index in [2.05, 4.69) is 41.4 Å². The molecule has 3 nitrogen and oxygen atoms in total. The Kier molecular flexibility index (Phi) is 3.98. The number of para-hydroxylation sites is 1. The van der Waals surface area contributed by atoms with E-state index in [1.54, 1.807) is 0 Å². The molecule has 3 heteroatoms. The molecule has 0 aliphatic carbocycles. The smallest absolute Gasteiger partial charge is 0.355 e. The molecule has 0 radical (unpaired) electrons. The monoisotopic (exact) mass is 329 g/mol. The van der Waals surface area contributed by atoms with Crippen LogP contribution in [-0.4, -0.2) is 17.6 Å². The van der Waals surface area contributed by atoms with Crippen LogP contribution in [0.4, 0.5) is 0 Å². The fourth-order valence-corrected chi connectivity index (χ4v) is 3.40. The minimum Gasteiger partial charge on any atom is -0.461 e. The summed E-state index contributed by atoms with van der Waals surface area (Å²) in [7, 11) is 0. The molecule has 4 rings (SSSR count). The van der Waals surface area contributed by atoms with Crippen LogP contribution in [0.1, 0.15) is 28.5 Å². The quantitative estimate of drug-likeness (QED) is 0.530. The van der Waals surface area contributed by atoms with Gasteiger partial charge in [-0.15, -0.1) is 0 Å². The Balaban J connectivity index is 1.87. The van der Waals surface area contributed by atoms with Crippen LogP contribution in [0.3, 0.4) is 0 Å². The molecule has 0 atom stereocenters. The molecule has 0 amide bonds. The number of rotatable bonds is 4. The van der Waals surface area contributed by atoms with Crippen molar-refractivity contribution in [3.8, 4) is 0 Å². The number of fused-ring (bicyclic) bond motifs is 2. The highest BCUT2D eigenvalue weighted by Crippen LogP contribution is 2.28. The molecule has 1 N–H and O–H groups in total. The third kappa shape index (κ3) is 2.78. The van der Waals surface area contributed by atoms with Crippen LogP contribution in [0.15, 0.2) is 66.7 Å². The molecule has 0 unspecified atom stereocenters. The average Bonchev–Trinajstić information content (AvgIpc) is 3.01. The Morgan fingerprint density at radius 1 is 0.920 bits per heavy atom. The van der Waals surface area contributed by atoms with Gasteiger partial charge in [0.1, 0.15) is 5.69 Å². The van der Waals surface area contributed by atoms with Crippen LogP contribution >= 0.6 is 0 Å². The van der Waals surface area contributed by atoms with Crippen molar-refractivity contribution in [2.75, 3.05) is 6.61 Å². The summed E-state index contributed by atoms with van der Waals surface area (Å²) in [6.45, 7) is 2.19. The van der Waals surface area contributed by atoms with Crippen LogP contribution in [0.25, 0.3) is 21.7 Å². The number of hydrogen-bond donors (Lipinski definition) is 1. The summed E-state index contributed by atoms with van der Waals surface area (Å²) in [5.74, 6) is -0.297. The lowest BCUT2D eigenvalue weighted by atomic mass is 9.96. The molecule has 1 aromatic heterocycles. The minimum atomic E-state index is -0.297. The number of nitrogens with one attached hydrogen (secondary N) is 1. The van der Waals surface area contributed by atoms with Gasteiger partial charge in [-0.1, -0.05) is 60.7 Å².